The Morgan fingerprint density at radius 2 is 1.84 bits per heavy atom. The maximum absolute atomic E-state index is 12.5. The van der Waals surface area contributed by atoms with Crippen LogP contribution < -0.4 is 0 Å². The molecule has 1 aromatic carbocycles. The van der Waals surface area contributed by atoms with Crippen molar-refractivity contribution in [3.8, 4) is 10.4 Å². The molecule has 4 rings (SSSR count). The van der Waals surface area contributed by atoms with E-state index in [-0.39, 0.29) is 5.91 Å². The van der Waals surface area contributed by atoms with Gasteiger partial charge in [0.1, 0.15) is 4.88 Å². The first-order valence-corrected chi connectivity index (χ1v) is 9.66. The van der Waals surface area contributed by atoms with Crippen LogP contribution in [0.25, 0.3) is 10.4 Å². The minimum absolute atomic E-state index is 0.0856. The number of amides is 1. The van der Waals surface area contributed by atoms with Gasteiger partial charge in [-0.1, -0.05) is 24.3 Å². The first-order valence-electron chi connectivity index (χ1n) is 8.84. The SMILES string of the molecule is CC(OC(=O)c1cc2c(s1)-c1ccccc1CC2)C(=O)N1CCCC1. The summed E-state index contributed by atoms with van der Waals surface area (Å²) in [6.07, 6.45) is 3.28. The van der Waals surface area contributed by atoms with Crippen LogP contribution in [0.2, 0.25) is 0 Å². The predicted molar refractivity (Wildman–Crippen MR) is 97.9 cm³/mol. The van der Waals surface area contributed by atoms with Crippen molar-refractivity contribution in [1.82, 2.24) is 4.90 Å². The van der Waals surface area contributed by atoms with E-state index in [0.29, 0.717) is 4.88 Å². The summed E-state index contributed by atoms with van der Waals surface area (Å²) in [5.74, 6) is -0.477. The quantitative estimate of drug-likeness (QED) is 0.789. The minimum Gasteiger partial charge on any atom is -0.448 e. The Morgan fingerprint density at radius 3 is 2.64 bits per heavy atom. The smallest absolute Gasteiger partial charge is 0.349 e. The van der Waals surface area contributed by atoms with Crippen molar-refractivity contribution in [3.05, 3.63) is 46.3 Å². The average Bonchev–Trinajstić information content (AvgIpc) is 3.30. The molecule has 0 saturated carbocycles. The number of esters is 1. The lowest BCUT2D eigenvalue weighted by Crippen LogP contribution is -2.38. The highest BCUT2D eigenvalue weighted by molar-refractivity contribution is 7.17. The zero-order valence-corrected chi connectivity index (χ0v) is 15.1. The predicted octanol–water partition coefficient (Wildman–Crippen LogP) is 3.68. The third-order valence-corrected chi connectivity index (χ3v) is 6.18. The maximum Gasteiger partial charge on any atom is 0.349 e. The lowest BCUT2D eigenvalue weighted by molar-refractivity contribution is -0.138. The van der Waals surface area contributed by atoms with Gasteiger partial charge in [-0.2, -0.15) is 0 Å². The summed E-state index contributed by atoms with van der Waals surface area (Å²) in [6, 6.07) is 10.3. The molecule has 1 aliphatic heterocycles. The van der Waals surface area contributed by atoms with E-state index in [1.165, 1.54) is 28.0 Å². The molecule has 1 atom stereocenters. The number of carbonyl (C=O) groups excluding carboxylic acids is 2. The Labute approximate surface area is 151 Å². The van der Waals surface area contributed by atoms with Gasteiger partial charge in [-0.3, -0.25) is 4.79 Å². The van der Waals surface area contributed by atoms with Crippen LogP contribution >= 0.6 is 11.3 Å². The van der Waals surface area contributed by atoms with Crippen LogP contribution in [0.15, 0.2) is 30.3 Å². The molecule has 2 aliphatic rings. The third-order valence-electron chi connectivity index (χ3n) is 4.99. The van der Waals surface area contributed by atoms with E-state index in [2.05, 4.69) is 18.2 Å². The Hall–Kier alpha value is -2.14. The number of ether oxygens (including phenoxy) is 1. The second-order valence-electron chi connectivity index (χ2n) is 6.70. The van der Waals surface area contributed by atoms with Crippen LogP contribution in [0.5, 0.6) is 0 Å². The highest BCUT2D eigenvalue weighted by Crippen LogP contribution is 2.39. The lowest BCUT2D eigenvalue weighted by atomic mass is 9.91. The van der Waals surface area contributed by atoms with Gasteiger partial charge in [0.15, 0.2) is 6.10 Å². The zero-order valence-electron chi connectivity index (χ0n) is 14.3. The molecule has 0 bridgehead atoms. The monoisotopic (exact) mass is 355 g/mol. The van der Waals surface area contributed by atoms with E-state index in [0.717, 1.165) is 43.6 Å². The fourth-order valence-corrected chi connectivity index (χ4v) is 4.79. The fourth-order valence-electron chi connectivity index (χ4n) is 3.64. The lowest BCUT2D eigenvalue weighted by Gasteiger charge is -2.20. The number of thiophene rings is 1. The van der Waals surface area contributed by atoms with E-state index in [9.17, 15) is 9.59 Å². The van der Waals surface area contributed by atoms with Crippen LogP contribution in [0, 0.1) is 0 Å². The Morgan fingerprint density at radius 1 is 1.12 bits per heavy atom. The van der Waals surface area contributed by atoms with E-state index < -0.39 is 12.1 Å². The number of nitrogens with zero attached hydrogens (tertiary/aromatic N) is 1. The molecule has 5 heteroatoms. The Balaban J connectivity index is 1.50. The molecule has 4 nitrogen and oxygen atoms in total. The number of aryl methyl sites for hydroxylation is 2. The van der Waals surface area contributed by atoms with Crippen molar-refractivity contribution in [3.63, 3.8) is 0 Å². The molecule has 2 aromatic rings. The van der Waals surface area contributed by atoms with Gasteiger partial charge in [-0.05, 0) is 55.4 Å². The van der Waals surface area contributed by atoms with Crippen molar-refractivity contribution in [1.29, 1.82) is 0 Å². The van der Waals surface area contributed by atoms with Gasteiger partial charge in [-0.25, -0.2) is 4.79 Å². The van der Waals surface area contributed by atoms with Gasteiger partial charge < -0.3 is 9.64 Å². The highest BCUT2D eigenvalue weighted by Gasteiger charge is 2.28. The second-order valence-corrected chi connectivity index (χ2v) is 7.75. The minimum atomic E-state index is -0.725. The van der Waals surface area contributed by atoms with E-state index in [4.69, 9.17) is 4.74 Å². The number of rotatable bonds is 3. The van der Waals surface area contributed by atoms with Gasteiger partial charge in [0, 0.05) is 18.0 Å². The molecule has 1 amide bonds. The first kappa shape index (κ1) is 16.3. The molecule has 1 aliphatic carbocycles. The van der Waals surface area contributed by atoms with Crippen LogP contribution in [0.4, 0.5) is 0 Å². The molecule has 1 aromatic heterocycles. The summed E-state index contributed by atoms with van der Waals surface area (Å²) in [6.45, 7) is 3.21. The zero-order chi connectivity index (χ0) is 17.4. The normalized spacial score (nSPS) is 16.9. The molecule has 0 N–H and O–H groups in total. The van der Waals surface area contributed by atoms with Gasteiger partial charge >= 0.3 is 5.97 Å². The van der Waals surface area contributed by atoms with E-state index >= 15 is 0 Å². The first-order chi connectivity index (χ1) is 12.1. The summed E-state index contributed by atoms with van der Waals surface area (Å²) in [7, 11) is 0. The molecule has 0 radical (unpaired) electrons. The van der Waals surface area contributed by atoms with Crippen LogP contribution in [-0.2, 0) is 22.4 Å². The van der Waals surface area contributed by atoms with Crippen LogP contribution in [0.3, 0.4) is 0 Å². The summed E-state index contributed by atoms with van der Waals surface area (Å²) < 4.78 is 5.46. The Kier molecular flexibility index (Phi) is 4.34. The average molecular weight is 355 g/mol. The van der Waals surface area contributed by atoms with Gasteiger partial charge in [0.25, 0.3) is 5.91 Å². The molecule has 1 saturated heterocycles. The summed E-state index contributed by atoms with van der Waals surface area (Å²) in [4.78, 5) is 28.4. The van der Waals surface area contributed by atoms with Crippen molar-refractivity contribution in [2.75, 3.05) is 13.1 Å². The second kappa shape index (κ2) is 6.64. The summed E-state index contributed by atoms with van der Waals surface area (Å²) >= 11 is 1.47. The third kappa shape index (κ3) is 3.09. The van der Waals surface area contributed by atoms with Gasteiger partial charge in [0.2, 0.25) is 0 Å². The topological polar surface area (TPSA) is 46.6 Å². The fraction of sp³-hybridized carbons (Fsp3) is 0.400. The Bertz CT molecular complexity index is 820. The van der Waals surface area contributed by atoms with Crippen molar-refractivity contribution in [2.24, 2.45) is 0 Å². The van der Waals surface area contributed by atoms with E-state index in [1.54, 1.807) is 11.8 Å². The molecule has 25 heavy (non-hydrogen) atoms. The number of carbonyl (C=O) groups is 2. The van der Waals surface area contributed by atoms with Crippen molar-refractivity contribution < 1.29 is 14.3 Å². The summed E-state index contributed by atoms with van der Waals surface area (Å²) in [5.41, 5.74) is 3.75. The molecule has 0 spiro atoms. The largest absolute Gasteiger partial charge is 0.448 e. The molecule has 1 fully saturated rings. The molecular formula is C20H21NO3S. The highest BCUT2D eigenvalue weighted by atomic mass is 32.1. The number of likely N-dealkylation sites (tertiary alicyclic amines) is 1. The molecule has 2 heterocycles. The van der Waals surface area contributed by atoms with Gasteiger partial charge in [0.05, 0.1) is 0 Å². The number of benzene rings is 1. The molecular weight excluding hydrogens is 334 g/mol. The maximum atomic E-state index is 12.5. The summed E-state index contributed by atoms with van der Waals surface area (Å²) in [5, 5.41) is 0. The van der Waals surface area contributed by atoms with Crippen LogP contribution in [-0.4, -0.2) is 36.0 Å². The number of hydrogen-bond acceptors (Lipinski definition) is 4. The van der Waals surface area contributed by atoms with Crippen molar-refractivity contribution in [2.45, 2.75) is 38.7 Å². The van der Waals surface area contributed by atoms with E-state index in [1.807, 2.05) is 12.1 Å². The number of hydrogen-bond donors (Lipinski definition) is 0. The standard InChI is InChI=1S/C20H21NO3S/c1-13(19(22)21-10-4-5-11-21)24-20(23)17-12-15-9-8-14-6-2-3-7-16(14)18(15)25-17/h2-3,6-7,12-13H,4-5,8-11H2,1H3. The number of fused-ring (bicyclic) bond motifs is 3. The van der Waals surface area contributed by atoms with Crippen LogP contribution in [0.1, 0.15) is 40.6 Å². The van der Waals surface area contributed by atoms with Gasteiger partial charge in [-0.15, -0.1) is 11.3 Å². The molecule has 130 valence electrons. The molecule has 1 unspecified atom stereocenters. The van der Waals surface area contributed by atoms with Crippen molar-refractivity contribution >= 4 is 23.2 Å².